The number of aromatic nitrogens is 2. The van der Waals surface area contributed by atoms with E-state index in [2.05, 4.69) is 10.2 Å². The predicted molar refractivity (Wildman–Crippen MR) is 45.6 cm³/mol. The summed E-state index contributed by atoms with van der Waals surface area (Å²) in [5.74, 6) is -0.282. The molecule has 0 aliphatic carbocycles. The number of aryl methyl sites for hydroxylation is 2. The summed E-state index contributed by atoms with van der Waals surface area (Å²) in [5.41, 5.74) is 8.13. The fourth-order valence-electron chi connectivity index (χ4n) is 1.02. The molecule has 0 saturated carbocycles. The molecule has 0 saturated heterocycles. The van der Waals surface area contributed by atoms with Crippen molar-refractivity contribution in [2.45, 2.75) is 26.7 Å². The van der Waals surface area contributed by atoms with Crippen molar-refractivity contribution < 1.29 is 4.79 Å². The van der Waals surface area contributed by atoms with E-state index < -0.39 is 0 Å². The van der Waals surface area contributed by atoms with Gasteiger partial charge in [-0.3, -0.25) is 9.89 Å². The van der Waals surface area contributed by atoms with Gasteiger partial charge in [-0.05, 0) is 19.4 Å². The number of hydrogen-bond acceptors (Lipinski definition) is 2. The first-order valence-electron chi connectivity index (χ1n) is 3.90. The molecule has 0 atom stereocenters. The smallest absolute Gasteiger partial charge is 0.217 e. The minimum absolute atomic E-state index is 0.282. The Morgan fingerprint density at radius 2 is 2.25 bits per heavy atom. The monoisotopic (exact) mass is 167 g/mol. The standard InChI is InChI=1S/C8H13N3O/c1-5-6(2)10-11-7(5)3-4-8(9)12/h3-4H2,1-2H3,(H2,9,12)(H,10,11). The van der Waals surface area contributed by atoms with E-state index in [1.165, 1.54) is 0 Å². The van der Waals surface area contributed by atoms with Gasteiger partial charge in [0.05, 0.1) is 5.69 Å². The number of nitrogens with two attached hydrogens (primary N) is 1. The molecular formula is C8H13N3O. The first-order chi connectivity index (χ1) is 5.61. The second-order valence-electron chi connectivity index (χ2n) is 2.89. The second-order valence-corrected chi connectivity index (χ2v) is 2.89. The molecule has 1 aromatic rings. The van der Waals surface area contributed by atoms with Crippen molar-refractivity contribution in [1.29, 1.82) is 0 Å². The van der Waals surface area contributed by atoms with Crippen LogP contribution < -0.4 is 5.73 Å². The first kappa shape index (κ1) is 8.77. The number of carbonyl (C=O) groups excluding carboxylic acids is 1. The Morgan fingerprint density at radius 3 is 2.67 bits per heavy atom. The zero-order valence-corrected chi connectivity index (χ0v) is 7.35. The maximum Gasteiger partial charge on any atom is 0.217 e. The van der Waals surface area contributed by atoms with E-state index >= 15 is 0 Å². The van der Waals surface area contributed by atoms with Crippen LogP contribution in [-0.4, -0.2) is 16.1 Å². The topological polar surface area (TPSA) is 71.8 Å². The van der Waals surface area contributed by atoms with Gasteiger partial charge in [0.15, 0.2) is 0 Å². The lowest BCUT2D eigenvalue weighted by Crippen LogP contribution is -2.11. The quantitative estimate of drug-likeness (QED) is 0.685. The number of aromatic amines is 1. The minimum Gasteiger partial charge on any atom is -0.370 e. The molecule has 0 unspecified atom stereocenters. The summed E-state index contributed by atoms with van der Waals surface area (Å²) in [4.78, 5) is 10.5. The highest BCUT2D eigenvalue weighted by molar-refractivity contribution is 5.73. The summed E-state index contributed by atoms with van der Waals surface area (Å²) in [7, 11) is 0. The van der Waals surface area contributed by atoms with Crippen LogP contribution in [0.5, 0.6) is 0 Å². The van der Waals surface area contributed by atoms with Crippen molar-refractivity contribution in [3.05, 3.63) is 17.0 Å². The first-order valence-corrected chi connectivity index (χ1v) is 3.90. The largest absolute Gasteiger partial charge is 0.370 e. The number of hydrogen-bond donors (Lipinski definition) is 2. The van der Waals surface area contributed by atoms with Gasteiger partial charge in [0.2, 0.25) is 5.91 Å². The molecule has 0 aliphatic rings. The number of rotatable bonds is 3. The molecule has 0 spiro atoms. The van der Waals surface area contributed by atoms with Crippen LogP contribution >= 0.6 is 0 Å². The van der Waals surface area contributed by atoms with Crippen LogP contribution in [0.1, 0.15) is 23.4 Å². The van der Waals surface area contributed by atoms with Crippen LogP contribution in [-0.2, 0) is 11.2 Å². The number of amides is 1. The van der Waals surface area contributed by atoms with Gasteiger partial charge in [0.1, 0.15) is 0 Å². The summed E-state index contributed by atoms with van der Waals surface area (Å²) in [6, 6.07) is 0. The highest BCUT2D eigenvalue weighted by Crippen LogP contribution is 2.09. The predicted octanol–water partition coefficient (Wildman–Crippen LogP) is 0.444. The Morgan fingerprint density at radius 1 is 1.58 bits per heavy atom. The molecule has 12 heavy (non-hydrogen) atoms. The molecule has 1 amide bonds. The number of primary amides is 1. The van der Waals surface area contributed by atoms with Gasteiger partial charge in [0.25, 0.3) is 0 Å². The Labute approximate surface area is 71.2 Å². The zero-order chi connectivity index (χ0) is 9.14. The lowest BCUT2D eigenvalue weighted by Gasteiger charge is -1.94. The van der Waals surface area contributed by atoms with Gasteiger partial charge in [0, 0.05) is 18.5 Å². The van der Waals surface area contributed by atoms with Crippen molar-refractivity contribution in [3.63, 3.8) is 0 Å². The molecule has 66 valence electrons. The summed E-state index contributed by atoms with van der Waals surface area (Å²) in [6.45, 7) is 3.94. The van der Waals surface area contributed by atoms with E-state index in [9.17, 15) is 4.79 Å². The molecule has 0 bridgehead atoms. The van der Waals surface area contributed by atoms with E-state index in [4.69, 9.17) is 5.73 Å². The number of H-pyrrole nitrogens is 1. The zero-order valence-electron chi connectivity index (χ0n) is 7.35. The average Bonchev–Trinajstić information content (AvgIpc) is 2.30. The molecule has 4 nitrogen and oxygen atoms in total. The third kappa shape index (κ3) is 1.84. The van der Waals surface area contributed by atoms with Crippen LogP contribution in [0.15, 0.2) is 0 Å². The van der Waals surface area contributed by atoms with Gasteiger partial charge < -0.3 is 5.73 Å². The van der Waals surface area contributed by atoms with Crippen molar-refractivity contribution in [2.75, 3.05) is 0 Å². The molecule has 0 aliphatic heterocycles. The molecule has 0 fully saturated rings. The third-order valence-corrected chi connectivity index (χ3v) is 1.96. The molecule has 1 rings (SSSR count). The summed E-state index contributed by atoms with van der Waals surface area (Å²) < 4.78 is 0. The van der Waals surface area contributed by atoms with Crippen molar-refractivity contribution in [3.8, 4) is 0 Å². The van der Waals surface area contributed by atoms with Gasteiger partial charge in [-0.25, -0.2) is 0 Å². The SMILES string of the molecule is Cc1[nH]nc(CCC(N)=O)c1C. The fraction of sp³-hybridized carbons (Fsp3) is 0.500. The Hall–Kier alpha value is -1.32. The maximum absolute atomic E-state index is 10.5. The van der Waals surface area contributed by atoms with Crippen LogP contribution in [0.2, 0.25) is 0 Å². The lowest BCUT2D eigenvalue weighted by atomic mass is 10.1. The minimum atomic E-state index is -0.282. The molecule has 0 radical (unpaired) electrons. The van der Waals surface area contributed by atoms with Crippen LogP contribution in [0.25, 0.3) is 0 Å². The van der Waals surface area contributed by atoms with E-state index in [0.29, 0.717) is 12.8 Å². The van der Waals surface area contributed by atoms with Crippen molar-refractivity contribution in [1.82, 2.24) is 10.2 Å². The molecule has 4 heteroatoms. The number of nitrogens with one attached hydrogen (secondary N) is 1. The van der Waals surface area contributed by atoms with E-state index in [-0.39, 0.29) is 5.91 Å². The average molecular weight is 167 g/mol. The highest BCUT2D eigenvalue weighted by atomic mass is 16.1. The molecular weight excluding hydrogens is 154 g/mol. The maximum atomic E-state index is 10.5. The molecule has 1 aromatic heterocycles. The Bertz CT molecular complexity index is 290. The van der Waals surface area contributed by atoms with Crippen molar-refractivity contribution in [2.24, 2.45) is 5.73 Å². The van der Waals surface area contributed by atoms with E-state index in [1.54, 1.807) is 0 Å². The number of carbonyl (C=O) groups is 1. The van der Waals surface area contributed by atoms with Gasteiger partial charge in [-0.2, -0.15) is 5.10 Å². The van der Waals surface area contributed by atoms with Gasteiger partial charge in [-0.1, -0.05) is 0 Å². The highest BCUT2D eigenvalue weighted by Gasteiger charge is 2.05. The number of nitrogens with zero attached hydrogens (tertiary/aromatic N) is 1. The Balaban J connectivity index is 2.63. The second kappa shape index (κ2) is 3.38. The van der Waals surface area contributed by atoms with E-state index in [1.807, 2.05) is 13.8 Å². The summed E-state index contributed by atoms with van der Waals surface area (Å²) >= 11 is 0. The van der Waals surface area contributed by atoms with Crippen LogP contribution in [0, 0.1) is 13.8 Å². The fourth-order valence-corrected chi connectivity index (χ4v) is 1.02. The summed E-state index contributed by atoms with van der Waals surface area (Å²) in [6.07, 6.45) is 0.997. The van der Waals surface area contributed by atoms with E-state index in [0.717, 1.165) is 17.0 Å². The molecule has 1 heterocycles. The third-order valence-electron chi connectivity index (χ3n) is 1.96. The van der Waals surface area contributed by atoms with Crippen LogP contribution in [0.3, 0.4) is 0 Å². The lowest BCUT2D eigenvalue weighted by molar-refractivity contribution is -0.118. The Kier molecular flexibility index (Phi) is 2.47. The molecule has 3 N–H and O–H groups in total. The van der Waals surface area contributed by atoms with Gasteiger partial charge in [-0.15, -0.1) is 0 Å². The summed E-state index contributed by atoms with van der Waals surface area (Å²) in [5, 5.41) is 6.91. The van der Waals surface area contributed by atoms with Gasteiger partial charge >= 0.3 is 0 Å². The van der Waals surface area contributed by atoms with Crippen LogP contribution in [0.4, 0.5) is 0 Å². The molecule has 0 aromatic carbocycles. The normalized spacial score (nSPS) is 10.2. The van der Waals surface area contributed by atoms with Crippen molar-refractivity contribution >= 4 is 5.91 Å².